The van der Waals surface area contributed by atoms with Gasteiger partial charge in [0.25, 0.3) is 0 Å². The average molecular weight is 475 g/mol. The first-order valence-electron chi connectivity index (χ1n) is 7.77. The van der Waals surface area contributed by atoms with Gasteiger partial charge in [-0.25, -0.2) is 4.98 Å². The van der Waals surface area contributed by atoms with Crippen molar-refractivity contribution in [1.82, 2.24) is 4.98 Å². The Morgan fingerprint density at radius 2 is 1.85 bits per heavy atom. The molecule has 0 amide bonds. The summed E-state index contributed by atoms with van der Waals surface area (Å²) in [7, 11) is 0. The highest BCUT2D eigenvalue weighted by molar-refractivity contribution is 14.1. The Labute approximate surface area is 168 Å². The van der Waals surface area contributed by atoms with Gasteiger partial charge >= 0.3 is 0 Å². The van der Waals surface area contributed by atoms with E-state index in [0.717, 1.165) is 14.7 Å². The lowest BCUT2D eigenvalue weighted by molar-refractivity contribution is 0.474. The van der Waals surface area contributed by atoms with Gasteiger partial charge < -0.3 is 9.52 Å². The molecule has 0 aliphatic heterocycles. The molecule has 128 valence electrons. The molecule has 4 nitrogen and oxygen atoms in total. The van der Waals surface area contributed by atoms with Gasteiger partial charge in [-0.15, -0.1) is 0 Å². The van der Waals surface area contributed by atoms with Crippen LogP contribution in [0.15, 0.2) is 70.1 Å². The van der Waals surface area contributed by atoms with Crippen molar-refractivity contribution in [2.75, 3.05) is 0 Å². The van der Waals surface area contributed by atoms with Gasteiger partial charge in [-0.2, -0.15) is 0 Å². The number of oxazole rings is 1. The van der Waals surface area contributed by atoms with Crippen LogP contribution in [0.4, 0.5) is 5.69 Å². The summed E-state index contributed by atoms with van der Waals surface area (Å²) in [6.45, 7) is 0. The lowest BCUT2D eigenvalue weighted by Gasteiger charge is -1.99. The minimum absolute atomic E-state index is 0.127. The molecule has 1 heterocycles. The summed E-state index contributed by atoms with van der Waals surface area (Å²) < 4.78 is 6.98. The third-order valence-electron chi connectivity index (χ3n) is 3.80. The molecule has 6 heteroatoms. The maximum absolute atomic E-state index is 9.86. The van der Waals surface area contributed by atoms with Gasteiger partial charge in [-0.3, -0.25) is 4.99 Å². The largest absolute Gasteiger partial charge is 0.507 e. The van der Waals surface area contributed by atoms with Crippen LogP contribution >= 0.6 is 34.2 Å². The molecular formula is C20H12ClIN2O2. The number of hydrogen-bond acceptors (Lipinski definition) is 4. The van der Waals surface area contributed by atoms with E-state index in [9.17, 15) is 5.11 Å². The minimum Gasteiger partial charge on any atom is -0.507 e. The van der Waals surface area contributed by atoms with Crippen LogP contribution in [0.1, 0.15) is 5.56 Å². The summed E-state index contributed by atoms with van der Waals surface area (Å²) in [6.07, 6.45) is 1.57. The van der Waals surface area contributed by atoms with E-state index < -0.39 is 0 Å². The SMILES string of the molecule is Oc1ccc(Cl)cc1C=Nc1ccc2oc(-c3ccc(I)cc3)nc2c1. The third kappa shape index (κ3) is 3.59. The zero-order chi connectivity index (χ0) is 18.1. The molecule has 0 fully saturated rings. The molecule has 4 rings (SSSR count). The highest BCUT2D eigenvalue weighted by Gasteiger charge is 2.08. The number of aromatic hydroxyl groups is 1. The summed E-state index contributed by atoms with van der Waals surface area (Å²) >= 11 is 8.21. The van der Waals surface area contributed by atoms with Gasteiger partial charge in [0.1, 0.15) is 11.3 Å². The molecular weight excluding hydrogens is 463 g/mol. The Hall–Kier alpha value is -2.38. The predicted octanol–water partition coefficient (Wildman–Crippen LogP) is 6.21. The number of halogens is 2. The Kier molecular flexibility index (Phi) is 4.65. The molecule has 4 aromatic rings. The monoisotopic (exact) mass is 474 g/mol. The molecule has 3 aromatic carbocycles. The van der Waals surface area contributed by atoms with Crippen molar-refractivity contribution >= 4 is 57.2 Å². The Morgan fingerprint density at radius 3 is 2.65 bits per heavy atom. The van der Waals surface area contributed by atoms with E-state index >= 15 is 0 Å². The molecule has 0 saturated heterocycles. The second-order valence-electron chi connectivity index (χ2n) is 5.64. The van der Waals surface area contributed by atoms with Crippen molar-refractivity contribution in [3.8, 4) is 17.2 Å². The number of fused-ring (bicyclic) bond motifs is 1. The van der Waals surface area contributed by atoms with Crippen molar-refractivity contribution in [3.05, 3.63) is 74.8 Å². The lowest BCUT2D eigenvalue weighted by Crippen LogP contribution is -1.82. The van der Waals surface area contributed by atoms with E-state index in [-0.39, 0.29) is 5.75 Å². The molecule has 0 spiro atoms. The van der Waals surface area contributed by atoms with Crippen LogP contribution in [-0.2, 0) is 0 Å². The van der Waals surface area contributed by atoms with Crippen LogP contribution in [0.25, 0.3) is 22.6 Å². The van der Waals surface area contributed by atoms with E-state index in [4.69, 9.17) is 16.0 Å². The van der Waals surface area contributed by atoms with E-state index in [0.29, 0.717) is 27.7 Å². The fourth-order valence-electron chi connectivity index (χ4n) is 2.48. The van der Waals surface area contributed by atoms with Crippen LogP contribution in [0.2, 0.25) is 5.02 Å². The van der Waals surface area contributed by atoms with Crippen molar-refractivity contribution in [2.45, 2.75) is 0 Å². The highest BCUT2D eigenvalue weighted by Crippen LogP contribution is 2.28. The predicted molar refractivity (Wildman–Crippen MR) is 113 cm³/mol. The van der Waals surface area contributed by atoms with Crippen LogP contribution in [0.5, 0.6) is 5.75 Å². The van der Waals surface area contributed by atoms with Crippen LogP contribution < -0.4 is 0 Å². The molecule has 0 aliphatic carbocycles. The zero-order valence-corrected chi connectivity index (χ0v) is 16.3. The first kappa shape index (κ1) is 17.1. The fraction of sp³-hybridized carbons (Fsp3) is 0. The van der Waals surface area contributed by atoms with Gasteiger partial charge in [0.2, 0.25) is 5.89 Å². The van der Waals surface area contributed by atoms with E-state index in [2.05, 4.69) is 32.6 Å². The number of rotatable bonds is 3. The van der Waals surface area contributed by atoms with Crippen LogP contribution in [-0.4, -0.2) is 16.3 Å². The van der Waals surface area contributed by atoms with Crippen molar-refractivity contribution in [1.29, 1.82) is 0 Å². The highest BCUT2D eigenvalue weighted by atomic mass is 127. The lowest BCUT2D eigenvalue weighted by atomic mass is 10.2. The number of aliphatic imine (C=N–C) groups is 1. The molecule has 1 N–H and O–H groups in total. The topological polar surface area (TPSA) is 58.6 Å². The number of aromatic nitrogens is 1. The summed E-state index contributed by atoms with van der Waals surface area (Å²) in [5.74, 6) is 0.701. The molecule has 0 unspecified atom stereocenters. The number of hydrogen-bond donors (Lipinski definition) is 1. The van der Waals surface area contributed by atoms with Crippen LogP contribution in [0, 0.1) is 3.57 Å². The van der Waals surface area contributed by atoms with Crippen LogP contribution in [0.3, 0.4) is 0 Å². The first-order chi connectivity index (χ1) is 12.6. The summed E-state index contributed by atoms with van der Waals surface area (Å²) in [5, 5.41) is 10.4. The second-order valence-corrected chi connectivity index (χ2v) is 7.32. The molecule has 0 saturated carbocycles. The van der Waals surface area contributed by atoms with Crippen molar-refractivity contribution in [3.63, 3.8) is 0 Å². The minimum atomic E-state index is 0.127. The molecule has 0 bridgehead atoms. The smallest absolute Gasteiger partial charge is 0.227 e. The fourth-order valence-corrected chi connectivity index (χ4v) is 3.03. The molecule has 0 aliphatic rings. The molecule has 1 aromatic heterocycles. The molecule has 0 atom stereocenters. The van der Waals surface area contributed by atoms with Gasteiger partial charge in [-0.05, 0) is 83.3 Å². The van der Waals surface area contributed by atoms with Gasteiger partial charge in [0.05, 0.1) is 5.69 Å². The molecule has 0 radical (unpaired) electrons. The standard InChI is InChI=1S/C20H12ClIN2O2/c21-14-3-7-18(25)13(9-14)11-23-16-6-8-19-17(10-16)24-20(26-19)12-1-4-15(22)5-2-12/h1-11,25H. The quantitative estimate of drug-likeness (QED) is 0.284. The van der Waals surface area contributed by atoms with Crippen molar-refractivity contribution in [2.24, 2.45) is 4.99 Å². The van der Waals surface area contributed by atoms with Gasteiger partial charge in [0.15, 0.2) is 5.58 Å². The van der Waals surface area contributed by atoms with Gasteiger partial charge in [0, 0.05) is 25.9 Å². The van der Waals surface area contributed by atoms with Crippen molar-refractivity contribution < 1.29 is 9.52 Å². The van der Waals surface area contributed by atoms with E-state index in [1.54, 1.807) is 18.3 Å². The number of phenols is 1. The third-order valence-corrected chi connectivity index (χ3v) is 4.76. The number of phenolic OH excluding ortho intramolecular Hbond substituents is 1. The normalized spacial score (nSPS) is 11.5. The maximum atomic E-state index is 9.86. The first-order valence-corrected chi connectivity index (χ1v) is 9.23. The summed E-state index contributed by atoms with van der Waals surface area (Å²) in [6, 6.07) is 18.3. The van der Waals surface area contributed by atoms with Gasteiger partial charge in [-0.1, -0.05) is 11.6 Å². The average Bonchev–Trinajstić information content (AvgIpc) is 3.06. The second kappa shape index (κ2) is 7.09. The van der Waals surface area contributed by atoms with E-state index in [1.807, 2.05) is 42.5 Å². The maximum Gasteiger partial charge on any atom is 0.227 e. The Bertz CT molecular complexity index is 1120. The number of benzene rings is 3. The Balaban J connectivity index is 1.66. The molecule has 26 heavy (non-hydrogen) atoms. The summed E-state index contributed by atoms with van der Waals surface area (Å²) in [5.41, 5.74) is 3.61. The Morgan fingerprint density at radius 1 is 1.04 bits per heavy atom. The van der Waals surface area contributed by atoms with E-state index in [1.165, 1.54) is 6.07 Å². The zero-order valence-electron chi connectivity index (χ0n) is 13.4. The summed E-state index contributed by atoms with van der Waals surface area (Å²) in [4.78, 5) is 8.94. The number of nitrogens with zero attached hydrogens (tertiary/aromatic N) is 2.